The molecule has 1 N–H and O–H groups in total. The molecule has 1 aromatic carbocycles. The van der Waals surface area contributed by atoms with E-state index in [2.05, 4.69) is 34.2 Å². The molecule has 0 unspecified atom stereocenters. The van der Waals surface area contributed by atoms with E-state index in [1.807, 2.05) is 12.1 Å². The number of carbonyl (C=O) groups excluding carboxylic acids is 1. The van der Waals surface area contributed by atoms with Gasteiger partial charge in [-0.05, 0) is 62.4 Å². The molecule has 112 valence electrons. The number of piperidine rings is 1. The number of nitrogens with zero attached hydrogens (tertiary/aromatic N) is 1. The molecule has 1 aliphatic rings. The minimum Gasteiger partial charge on any atom is -0.345 e. The van der Waals surface area contributed by atoms with Crippen LogP contribution in [0.15, 0.2) is 24.3 Å². The van der Waals surface area contributed by atoms with Gasteiger partial charge in [-0.1, -0.05) is 29.7 Å². The first-order valence-electron chi connectivity index (χ1n) is 7.35. The van der Waals surface area contributed by atoms with Gasteiger partial charge >= 0.3 is 0 Å². The molecule has 0 spiro atoms. The van der Waals surface area contributed by atoms with E-state index in [1.54, 1.807) is 6.92 Å². The Morgan fingerprint density at radius 3 is 2.62 bits per heavy atom. The summed E-state index contributed by atoms with van der Waals surface area (Å²) < 4.78 is 0. The molecule has 1 fully saturated rings. The van der Waals surface area contributed by atoms with Crippen molar-refractivity contribution >= 4 is 17.5 Å². The lowest BCUT2D eigenvalue weighted by Gasteiger charge is -2.31. The summed E-state index contributed by atoms with van der Waals surface area (Å²) in [4.78, 5) is 13.8. The summed E-state index contributed by atoms with van der Waals surface area (Å²) in [6, 6.07) is 8.04. The summed E-state index contributed by atoms with van der Waals surface area (Å²) in [6.45, 7) is 5.53. The van der Waals surface area contributed by atoms with Gasteiger partial charge in [-0.15, -0.1) is 0 Å². The first kappa shape index (κ1) is 15.9. The molecule has 1 aliphatic heterocycles. The molecule has 1 saturated heterocycles. The monoisotopic (exact) mass is 304 g/mol. The minimum absolute atomic E-state index is 0.166. The Bertz CT molecular complexity index is 522. The molecule has 0 radical (unpaired) electrons. The standard InChI is InChI=1S/C17H21ClN2O/c1-2-3-17(21)19-12-14-8-10-20(11-9-14)13-15-4-6-16(18)7-5-15/h4-7,14H,8-13H2,1H3,(H,19,21). The second-order valence-corrected chi connectivity index (χ2v) is 5.87. The Hall–Kier alpha value is -1.50. The number of amides is 1. The van der Waals surface area contributed by atoms with Crippen molar-refractivity contribution in [2.75, 3.05) is 19.6 Å². The van der Waals surface area contributed by atoms with Crippen molar-refractivity contribution in [1.29, 1.82) is 0 Å². The van der Waals surface area contributed by atoms with Crippen molar-refractivity contribution in [2.24, 2.45) is 5.92 Å². The van der Waals surface area contributed by atoms with Crippen molar-refractivity contribution in [3.05, 3.63) is 34.9 Å². The molecule has 1 amide bonds. The van der Waals surface area contributed by atoms with Crippen LogP contribution in [-0.2, 0) is 11.3 Å². The number of rotatable bonds is 4. The van der Waals surface area contributed by atoms with Crippen LogP contribution in [0.25, 0.3) is 0 Å². The van der Waals surface area contributed by atoms with E-state index in [9.17, 15) is 4.79 Å². The normalized spacial score (nSPS) is 16.1. The maximum Gasteiger partial charge on any atom is 0.295 e. The average Bonchev–Trinajstić information content (AvgIpc) is 2.49. The van der Waals surface area contributed by atoms with Gasteiger partial charge in [-0.2, -0.15) is 0 Å². The van der Waals surface area contributed by atoms with Crippen LogP contribution in [0.4, 0.5) is 0 Å². The summed E-state index contributed by atoms with van der Waals surface area (Å²) in [7, 11) is 0. The molecule has 0 aromatic heterocycles. The summed E-state index contributed by atoms with van der Waals surface area (Å²) in [5.74, 6) is 5.52. The van der Waals surface area contributed by atoms with Crippen molar-refractivity contribution in [3.8, 4) is 11.8 Å². The van der Waals surface area contributed by atoms with Gasteiger partial charge in [0.25, 0.3) is 5.91 Å². The summed E-state index contributed by atoms with van der Waals surface area (Å²) in [5.41, 5.74) is 1.30. The first-order chi connectivity index (χ1) is 10.2. The van der Waals surface area contributed by atoms with E-state index in [0.29, 0.717) is 5.92 Å². The number of nitrogens with one attached hydrogen (secondary N) is 1. The van der Waals surface area contributed by atoms with Crippen LogP contribution >= 0.6 is 11.6 Å². The zero-order valence-electron chi connectivity index (χ0n) is 12.4. The highest BCUT2D eigenvalue weighted by Crippen LogP contribution is 2.19. The van der Waals surface area contributed by atoms with Crippen LogP contribution in [0.3, 0.4) is 0 Å². The van der Waals surface area contributed by atoms with Crippen LogP contribution in [0.2, 0.25) is 5.02 Å². The summed E-state index contributed by atoms with van der Waals surface area (Å²) >= 11 is 5.90. The fourth-order valence-electron chi connectivity index (χ4n) is 2.59. The number of carbonyl (C=O) groups is 1. The van der Waals surface area contributed by atoms with Gasteiger partial charge in [-0.25, -0.2) is 0 Å². The number of hydrogen-bond donors (Lipinski definition) is 1. The topological polar surface area (TPSA) is 32.3 Å². The van der Waals surface area contributed by atoms with Crippen LogP contribution < -0.4 is 5.32 Å². The Kier molecular flexibility index (Phi) is 6.10. The summed E-state index contributed by atoms with van der Waals surface area (Å²) in [5, 5.41) is 3.66. The lowest BCUT2D eigenvalue weighted by molar-refractivity contribution is -0.115. The predicted molar refractivity (Wildman–Crippen MR) is 85.9 cm³/mol. The third-order valence-electron chi connectivity index (χ3n) is 3.82. The van der Waals surface area contributed by atoms with Crippen molar-refractivity contribution < 1.29 is 4.79 Å². The van der Waals surface area contributed by atoms with Crippen LogP contribution in [0, 0.1) is 17.8 Å². The largest absolute Gasteiger partial charge is 0.345 e. The first-order valence-corrected chi connectivity index (χ1v) is 7.72. The predicted octanol–water partition coefficient (Wildman–Crippen LogP) is 2.69. The van der Waals surface area contributed by atoms with Gasteiger partial charge in [0, 0.05) is 18.1 Å². The number of benzene rings is 1. The van der Waals surface area contributed by atoms with Gasteiger partial charge in [-0.3, -0.25) is 9.69 Å². The number of halogens is 1. The fraction of sp³-hybridized carbons (Fsp3) is 0.471. The molecule has 4 heteroatoms. The third kappa shape index (κ3) is 5.41. The van der Waals surface area contributed by atoms with E-state index < -0.39 is 0 Å². The molecule has 1 heterocycles. The van der Waals surface area contributed by atoms with Crippen molar-refractivity contribution in [1.82, 2.24) is 10.2 Å². The van der Waals surface area contributed by atoms with Crippen LogP contribution in [-0.4, -0.2) is 30.4 Å². The van der Waals surface area contributed by atoms with Gasteiger partial charge in [0.05, 0.1) is 0 Å². The van der Waals surface area contributed by atoms with E-state index in [4.69, 9.17) is 11.6 Å². The summed E-state index contributed by atoms with van der Waals surface area (Å²) in [6.07, 6.45) is 2.24. The SMILES string of the molecule is CC#CC(=O)NCC1CCN(Cc2ccc(Cl)cc2)CC1. The molecule has 0 atom stereocenters. The fourth-order valence-corrected chi connectivity index (χ4v) is 2.72. The zero-order valence-corrected chi connectivity index (χ0v) is 13.1. The molecule has 1 aromatic rings. The number of likely N-dealkylation sites (tertiary alicyclic amines) is 1. The lowest BCUT2D eigenvalue weighted by Crippen LogP contribution is -2.38. The second-order valence-electron chi connectivity index (χ2n) is 5.43. The maximum atomic E-state index is 11.3. The van der Waals surface area contributed by atoms with Crippen molar-refractivity contribution in [3.63, 3.8) is 0 Å². The van der Waals surface area contributed by atoms with Crippen LogP contribution in [0.1, 0.15) is 25.3 Å². The van der Waals surface area contributed by atoms with Gasteiger partial charge in [0.1, 0.15) is 0 Å². The quantitative estimate of drug-likeness (QED) is 0.868. The third-order valence-corrected chi connectivity index (χ3v) is 4.07. The minimum atomic E-state index is -0.166. The molecule has 21 heavy (non-hydrogen) atoms. The van der Waals surface area contributed by atoms with Crippen molar-refractivity contribution in [2.45, 2.75) is 26.3 Å². The highest BCUT2D eigenvalue weighted by molar-refractivity contribution is 6.30. The van der Waals surface area contributed by atoms with E-state index >= 15 is 0 Å². The Morgan fingerprint density at radius 2 is 2.00 bits per heavy atom. The highest BCUT2D eigenvalue weighted by atomic mass is 35.5. The molecule has 2 rings (SSSR count). The molecule has 0 aliphatic carbocycles. The van der Waals surface area contributed by atoms with Crippen LogP contribution in [0.5, 0.6) is 0 Å². The molecule has 0 saturated carbocycles. The smallest absolute Gasteiger partial charge is 0.295 e. The Morgan fingerprint density at radius 1 is 1.33 bits per heavy atom. The lowest BCUT2D eigenvalue weighted by atomic mass is 9.96. The maximum absolute atomic E-state index is 11.3. The Balaban J connectivity index is 1.71. The zero-order chi connectivity index (χ0) is 15.1. The Labute approximate surface area is 131 Å². The van der Waals surface area contributed by atoms with E-state index in [1.165, 1.54) is 5.56 Å². The van der Waals surface area contributed by atoms with Gasteiger partial charge < -0.3 is 5.32 Å². The molecular weight excluding hydrogens is 284 g/mol. The molecule has 0 bridgehead atoms. The van der Waals surface area contributed by atoms with E-state index in [0.717, 1.165) is 44.0 Å². The second kappa shape index (κ2) is 8.07. The number of hydrogen-bond acceptors (Lipinski definition) is 2. The van der Waals surface area contributed by atoms with Gasteiger partial charge in [0.15, 0.2) is 0 Å². The molecule has 3 nitrogen and oxygen atoms in total. The average molecular weight is 305 g/mol. The molecular formula is C17H21ClN2O. The van der Waals surface area contributed by atoms with E-state index in [-0.39, 0.29) is 5.91 Å². The highest BCUT2D eigenvalue weighted by Gasteiger charge is 2.19. The van der Waals surface area contributed by atoms with Gasteiger partial charge in [0.2, 0.25) is 0 Å².